The van der Waals surface area contributed by atoms with Crippen LogP contribution in [0.5, 0.6) is 0 Å². The molecule has 0 spiro atoms. The third-order valence-corrected chi connectivity index (χ3v) is 4.12. The van der Waals surface area contributed by atoms with Gasteiger partial charge in [0, 0.05) is 6.04 Å². The molecule has 3 atom stereocenters. The summed E-state index contributed by atoms with van der Waals surface area (Å²) < 4.78 is 0. The van der Waals surface area contributed by atoms with E-state index in [-0.39, 0.29) is 23.3 Å². The highest BCUT2D eigenvalue weighted by molar-refractivity contribution is 5.72. The van der Waals surface area contributed by atoms with Crippen molar-refractivity contribution in [3.05, 3.63) is 35.4 Å². The zero-order chi connectivity index (χ0) is 14.2. The highest BCUT2D eigenvalue weighted by Crippen LogP contribution is 2.39. The lowest BCUT2D eigenvalue weighted by atomic mass is 9.83. The van der Waals surface area contributed by atoms with Gasteiger partial charge < -0.3 is 10.8 Å². The van der Waals surface area contributed by atoms with Crippen LogP contribution in [-0.4, -0.2) is 17.1 Å². The summed E-state index contributed by atoms with van der Waals surface area (Å²) in [7, 11) is 0. The van der Waals surface area contributed by atoms with Crippen LogP contribution >= 0.6 is 0 Å². The molecule has 2 rings (SSSR count). The van der Waals surface area contributed by atoms with Gasteiger partial charge in [0.1, 0.15) is 0 Å². The molecule has 0 heterocycles. The predicted molar refractivity (Wildman–Crippen MR) is 76.2 cm³/mol. The Morgan fingerprint density at radius 1 is 1.21 bits per heavy atom. The smallest absolute Gasteiger partial charge is 0.307 e. The van der Waals surface area contributed by atoms with E-state index in [0.717, 1.165) is 12.0 Å². The summed E-state index contributed by atoms with van der Waals surface area (Å²) in [5.74, 6) is -1.00. The van der Waals surface area contributed by atoms with Crippen molar-refractivity contribution in [1.29, 1.82) is 0 Å². The van der Waals surface area contributed by atoms with Crippen LogP contribution in [0, 0.1) is 5.92 Å². The Morgan fingerprint density at radius 2 is 1.79 bits per heavy atom. The van der Waals surface area contributed by atoms with E-state index in [1.807, 2.05) is 0 Å². The molecule has 0 amide bonds. The summed E-state index contributed by atoms with van der Waals surface area (Å²) in [5, 5.41) is 9.29. The second-order valence-electron chi connectivity index (χ2n) is 6.65. The normalized spacial score (nSPS) is 27.5. The van der Waals surface area contributed by atoms with E-state index in [9.17, 15) is 9.90 Å². The van der Waals surface area contributed by atoms with E-state index in [2.05, 4.69) is 45.0 Å². The van der Waals surface area contributed by atoms with Crippen molar-refractivity contribution in [2.45, 2.75) is 51.0 Å². The SMILES string of the molecule is CC(C)(C)c1ccc([C@@H]2C[C@@H](N)C[C@H]2C(=O)O)cc1. The van der Waals surface area contributed by atoms with Crippen LogP contribution in [0.2, 0.25) is 0 Å². The minimum Gasteiger partial charge on any atom is -0.481 e. The molecule has 1 aliphatic carbocycles. The fourth-order valence-corrected chi connectivity index (χ4v) is 2.95. The second-order valence-corrected chi connectivity index (χ2v) is 6.65. The molecule has 0 bridgehead atoms. The van der Waals surface area contributed by atoms with Gasteiger partial charge in [0.2, 0.25) is 0 Å². The highest BCUT2D eigenvalue weighted by Gasteiger charge is 2.38. The zero-order valence-electron chi connectivity index (χ0n) is 11.9. The summed E-state index contributed by atoms with van der Waals surface area (Å²) in [6.45, 7) is 6.52. The fraction of sp³-hybridized carbons (Fsp3) is 0.562. The number of aliphatic carboxylic acids is 1. The summed E-state index contributed by atoms with van der Waals surface area (Å²) in [6, 6.07) is 8.36. The third-order valence-electron chi connectivity index (χ3n) is 4.12. The van der Waals surface area contributed by atoms with Gasteiger partial charge >= 0.3 is 5.97 Å². The number of carbonyl (C=O) groups is 1. The summed E-state index contributed by atoms with van der Waals surface area (Å²) in [5.41, 5.74) is 8.42. The molecule has 3 heteroatoms. The van der Waals surface area contributed by atoms with Crippen LogP contribution in [0.15, 0.2) is 24.3 Å². The molecule has 1 aromatic rings. The van der Waals surface area contributed by atoms with Crippen molar-refractivity contribution in [2.24, 2.45) is 11.7 Å². The maximum Gasteiger partial charge on any atom is 0.307 e. The molecule has 3 N–H and O–H groups in total. The Morgan fingerprint density at radius 3 is 2.26 bits per heavy atom. The number of rotatable bonds is 2. The molecule has 0 unspecified atom stereocenters. The van der Waals surface area contributed by atoms with Gasteiger partial charge in [-0.05, 0) is 35.3 Å². The van der Waals surface area contributed by atoms with E-state index in [0.29, 0.717) is 6.42 Å². The van der Waals surface area contributed by atoms with Crippen molar-refractivity contribution in [1.82, 2.24) is 0 Å². The molecule has 0 aliphatic heterocycles. The Bertz CT molecular complexity index is 459. The van der Waals surface area contributed by atoms with Crippen LogP contribution in [0.3, 0.4) is 0 Å². The van der Waals surface area contributed by atoms with E-state index in [1.54, 1.807) is 0 Å². The lowest BCUT2D eigenvalue weighted by Crippen LogP contribution is -2.18. The van der Waals surface area contributed by atoms with Gasteiger partial charge in [-0.2, -0.15) is 0 Å². The van der Waals surface area contributed by atoms with Crippen molar-refractivity contribution in [3.63, 3.8) is 0 Å². The lowest BCUT2D eigenvalue weighted by molar-refractivity contribution is -0.142. The number of hydrogen-bond acceptors (Lipinski definition) is 2. The van der Waals surface area contributed by atoms with Crippen LogP contribution in [0.1, 0.15) is 50.7 Å². The molecule has 1 fully saturated rings. The van der Waals surface area contributed by atoms with E-state index < -0.39 is 5.97 Å². The van der Waals surface area contributed by atoms with Gasteiger partial charge in [-0.25, -0.2) is 0 Å². The molecule has 3 nitrogen and oxygen atoms in total. The number of nitrogens with two attached hydrogens (primary N) is 1. The maximum absolute atomic E-state index is 11.3. The fourth-order valence-electron chi connectivity index (χ4n) is 2.95. The number of hydrogen-bond donors (Lipinski definition) is 2. The molecule has 0 aromatic heterocycles. The van der Waals surface area contributed by atoms with Crippen molar-refractivity contribution < 1.29 is 9.90 Å². The first-order valence-electron chi connectivity index (χ1n) is 6.88. The molecule has 104 valence electrons. The van der Waals surface area contributed by atoms with Crippen LogP contribution in [-0.2, 0) is 10.2 Å². The van der Waals surface area contributed by atoms with Crippen molar-refractivity contribution in [3.8, 4) is 0 Å². The van der Waals surface area contributed by atoms with Gasteiger partial charge in [-0.1, -0.05) is 45.0 Å². The van der Waals surface area contributed by atoms with E-state index in [4.69, 9.17) is 5.73 Å². The van der Waals surface area contributed by atoms with E-state index in [1.165, 1.54) is 5.56 Å². The van der Waals surface area contributed by atoms with Gasteiger partial charge in [0.05, 0.1) is 5.92 Å². The zero-order valence-corrected chi connectivity index (χ0v) is 11.9. The molecule has 0 radical (unpaired) electrons. The number of carboxylic acid groups (broad SMARTS) is 1. The standard InChI is InChI=1S/C16H23NO2/c1-16(2,3)11-6-4-10(5-7-11)13-8-12(17)9-14(13)15(18)19/h4-7,12-14H,8-9,17H2,1-3H3,(H,18,19)/t12-,13+,14-/m1/s1. The number of carboxylic acids is 1. The minimum absolute atomic E-state index is 0.00777. The van der Waals surface area contributed by atoms with Crippen LogP contribution in [0.25, 0.3) is 0 Å². The molecule has 1 aliphatic rings. The monoisotopic (exact) mass is 261 g/mol. The minimum atomic E-state index is -0.724. The summed E-state index contributed by atoms with van der Waals surface area (Å²) in [4.78, 5) is 11.3. The average molecular weight is 261 g/mol. The van der Waals surface area contributed by atoms with Gasteiger partial charge in [-0.15, -0.1) is 0 Å². The van der Waals surface area contributed by atoms with Gasteiger partial charge in [0.25, 0.3) is 0 Å². The van der Waals surface area contributed by atoms with Gasteiger partial charge in [0.15, 0.2) is 0 Å². The second kappa shape index (κ2) is 4.97. The Labute approximate surface area is 114 Å². The molecular weight excluding hydrogens is 238 g/mol. The van der Waals surface area contributed by atoms with Gasteiger partial charge in [-0.3, -0.25) is 4.79 Å². The average Bonchev–Trinajstić information content (AvgIpc) is 2.70. The van der Waals surface area contributed by atoms with E-state index >= 15 is 0 Å². The largest absolute Gasteiger partial charge is 0.481 e. The Hall–Kier alpha value is -1.35. The van der Waals surface area contributed by atoms with Crippen LogP contribution < -0.4 is 5.73 Å². The Kier molecular flexibility index (Phi) is 3.68. The van der Waals surface area contributed by atoms with Crippen molar-refractivity contribution >= 4 is 5.97 Å². The molecule has 19 heavy (non-hydrogen) atoms. The molecule has 0 saturated heterocycles. The third kappa shape index (κ3) is 2.98. The topological polar surface area (TPSA) is 63.3 Å². The summed E-state index contributed by atoms with van der Waals surface area (Å²) in [6.07, 6.45) is 1.35. The maximum atomic E-state index is 11.3. The van der Waals surface area contributed by atoms with Crippen molar-refractivity contribution in [2.75, 3.05) is 0 Å². The number of benzene rings is 1. The quantitative estimate of drug-likeness (QED) is 0.860. The first kappa shape index (κ1) is 14.1. The molecule has 1 saturated carbocycles. The first-order valence-corrected chi connectivity index (χ1v) is 6.88. The first-order chi connectivity index (χ1) is 8.79. The highest BCUT2D eigenvalue weighted by atomic mass is 16.4. The predicted octanol–water partition coefficient (Wildman–Crippen LogP) is 2.89. The summed E-state index contributed by atoms with van der Waals surface area (Å²) >= 11 is 0. The Balaban J connectivity index is 2.24. The lowest BCUT2D eigenvalue weighted by Gasteiger charge is -2.21. The molecule has 1 aromatic carbocycles. The molecular formula is C16H23NO2. The van der Waals surface area contributed by atoms with Crippen LogP contribution in [0.4, 0.5) is 0 Å².